The number of benzene rings is 6. The summed E-state index contributed by atoms with van der Waals surface area (Å²) >= 11 is 0. The first-order chi connectivity index (χ1) is 51.9. The van der Waals surface area contributed by atoms with Gasteiger partial charge in [-0.25, -0.2) is 9.59 Å². The molecule has 3 saturated carbocycles. The summed E-state index contributed by atoms with van der Waals surface area (Å²) in [5.74, 6) is 6.44. The van der Waals surface area contributed by atoms with Crippen LogP contribution in [0, 0.1) is 58.7 Å². The zero-order valence-corrected chi connectivity index (χ0v) is 60.6. The van der Waals surface area contributed by atoms with Gasteiger partial charge in [0.1, 0.15) is 11.3 Å². The zero-order valence-electron chi connectivity index (χ0n) is 60.6. The molecule has 11 nitrogen and oxygen atoms in total. The Bertz CT molecular complexity index is 5200. The Morgan fingerprint density at radius 2 is 1.66 bits per heavy atom. The average molecular weight is 1410 g/mol. The van der Waals surface area contributed by atoms with Crippen molar-refractivity contribution in [1.82, 2.24) is 0 Å². The summed E-state index contributed by atoms with van der Waals surface area (Å²) in [5.41, 5.74) is 16.3. The van der Waals surface area contributed by atoms with Gasteiger partial charge in [0.2, 0.25) is 0 Å². The van der Waals surface area contributed by atoms with Crippen LogP contribution in [0.5, 0.6) is 5.75 Å². The predicted molar refractivity (Wildman–Crippen MR) is 406 cm³/mol. The fourth-order valence-electron chi connectivity index (χ4n) is 26.3. The minimum absolute atomic E-state index is 0.0140. The van der Waals surface area contributed by atoms with E-state index in [-0.39, 0.29) is 114 Å². The smallest absolute Gasteiger partial charge is 0.340 e. The van der Waals surface area contributed by atoms with Gasteiger partial charge < -0.3 is 38.7 Å². The number of carbonyl (C=O) groups is 2. The number of esters is 2. The number of fused-ring (bicyclic) bond motifs is 9. The number of allylic oxidation sites excluding steroid dienone is 5. The lowest BCUT2D eigenvalue weighted by Crippen LogP contribution is -2.64. The maximum atomic E-state index is 17.0. The third kappa shape index (κ3) is 9.17. The molecule has 22 aliphatic rings. The van der Waals surface area contributed by atoms with Crippen LogP contribution in [0.1, 0.15) is 234 Å². The molecule has 7 aromatic rings. The van der Waals surface area contributed by atoms with E-state index in [1.54, 1.807) is 7.11 Å². The molecule has 1 saturated heterocycles. The van der Waals surface area contributed by atoms with E-state index in [4.69, 9.17) is 23.4 Å². The van der Waals surface area contributed by atoms with Gasteiger partial charge in [0.15, 0.2) is 17.8 Å². The maximum absolute atomic E-state index is 17.0. The molecule has 11 heteroatoms. The Morgan fingerprint density at radius 1 is 0.783 bits per heavy atom. The number of aliphatic hydroxyl groups is 3. The molecule has 5 heterocycles. The summed E-state index contributed by atoms with van der Waals surface area (Å²) < 4.78 is 35.8. The normalized spacial score (nSPS) is 35.1. The maximum Gasteiger partial charge on any atom is 0.340 e. The van der Waals surface area contributed by atoms with Crippen molar-refractivity contribution in [3.63, 3.8) is 0 Å². The molecule has 538 valence electrons. The van der Waals surface area contributed by atoms with Gasteiger partial charge in [-0.1, -0.05) is 164 Å². The van der Waals surface area contributed by atoms with Crippen molar-refractivity contribution >= 4 is 35.1 Å². The molecule has 106 heavy (non-hydrogen) atoms. The van der Waals surface area contributed by atoms with Gasteiger partial charge in [0.05, 0.1) is 25.4 Å². The van der Waals surface area contributed by atoms with E-state index in [2.05, 4.69) is 158 Å². The number of methoxy groups -OCH3 is 1. The van der Waals surface area contributed by atoms with E-state index in [0.29, 0.717) is 52.5 Å². The molecule has 6 aromatic carbocycles. The molecular formula is C95H92O11. The van der Waals surface area contributed by atoms with Crippen LogP contribution in [0.3, 0.4) is 0 Å². The molecule has 4 aliphatic heterocycles. The Morgan fingerprint density at radius 3 is 2.53 bits per heavy atom. The lowest BCUT2D eigenvalue weighted by Gasteiger charge is -2.57. The van der Waals surface area contributed by atoms with Crippen LogP contribution in [0.4, 0.5) is 0 Å². The Labute approximate surface area is 619 Å². The van der Waals surface area contributed by atoms with Crippen LogP contribution in [-0.4, -0.2) is 65.9 Å². The fourth-order valence-corrected chi connectivity index (χ4v) is 26.3. The molecule has 0 amide bonds. The molecule has 22 bridgehead atoms. The molecule has 1 aromatic heterocycles. The summed E-state index contributed by atoms with van der Waals surface area (Å²) in [6, 6.07) is 44.4. The van der Waals surface area contributed by atoms with Crippen LogP contribution in [-0.2, 0) is 54.1 Å². The topological polar surface area (TPSA) is 162 Å². The highest BCUT2D eigenvalue weighted by atomic mass is 16.6. The summed E-state index contributed by atoms with van der Waals surface area (Å²) in [7, 11) is 1.54. The average Bonchev–Trinajstić information content (AvgIpc) is 1.46. The third-order valence-corrected chi connectivity index (χ3v) is 30.3. The molecule has 4 spiro atoms. The van der Waals surface area contributed by atoms with Gasteiger partial charge in [-0.15, -0.1) is 0 Å². The summed E-state index contributed by atoms with van der Waals surface area (Å²) in [5, 5.41) is 34.3. The highest BCUT2D eigenvalue weighted by Crippen LogP contribution is 2.73. The van der Waals surface area contributed by atoms with E-state index in [9.17, 15) is 15.3 Å². The van der Waals surface area contributed by atoms with Crippen molar-refractivity contribution in [3.8, 4) is 17.6 Å². The number of hydrogen-bond donors (Lipinski definition) is 3. The Balaban J connectivity index is 0.873. The van der Waals surface area contributed by atoms with Crippen LogP contribution in [0.25, 0.3) is 23.1 Å². The number of carbonyl (C=O) groups excluding carboxylic acids is 2. The second-order valence-electron chi connectivity index (χ2n) is 34.6. The van der Waals surface area contributed by atoms with Crippen molar-refractivity contribution in [2.75, 3.05) is 26.9 Å². The van der Waals surface area contributed by atoms with E-state index in [0.717, 1.165) is 74.5 Å². The molecule has 18 aliphatic carbocycles. The van der Waals surface area contributed by atoms with Crippen LogP contribution < -0.4 is 10.4 Å². The largest absolute Gasteiger partial charge is 0.482 e. The van der Waals surface area contributed by atoms with Crippen molar-refractivity contribution in [2.24, 2.45) is 46.8 Å². The fraction of sp³-hybridized carbons (Fsp3) is 0.442. The number of hydrogen-bond acceptors (Lipinski definition) is 11. The zero-order chi connectivity index (χ0) is 71.3. The van der Waals surface area contributed by atoms with E-state index in [1.807, 2.05) is 19.1 Å². The van der Waals surface area contributed by atoms with Crippen LogP contribution >= 0.6 is 0 Å². The highest BCUT2D eigenvalue weighted by Gasteiger charge is 2.71. The van der Waals surface area contributed by atoms with Crippen LogP contribution in [0.2, 0.25) is 0 Å². The molecular weight excluding hydrogens is 1320 g/mol. The Hall–Kier alpha value is -8.63. The number of rotatable bonds is 7. The van der Waals surface area contributed by atoms with Gasteiger partial charge in [0, 0.05) is 100 Å². The molecule has 0 radical (unpaired) electrons. The lowest BCUT2D eigenvalue weighted by molar-refractivity contribution is -0.210. The first-order valence-corrected chi connectivity index (χ1v) is 39.9. The first kappa shape index (κ1) is 65.6. The second kappa shape index (κ2) is 24.4. The number of aliphatic hydroxyl groups excluding tert-OH is 3. The quantitative estimate of drug-likeness (QED) is 0.0458. The molecule has 19 unspecified atom stereocenters. The van der Waals surface area contributed by atoms with Gasteiger partial charge >= 0.3 is 17.6 Å². The molecule has 29 rings (SSSR count). The minimum Gasteiger partial charge on any atom is -0.482 e. The SMILES string of the molecule is COCC(CCO)c1c(CO)c2ccc3c(c2oc1=O)C1OC(=O)CC2CC4C=CC2c2ccc5c(c2)C2CC6C5CC(=C(C)CO)C(=O)OC1C1(CC=CC5(C2)C2C(=Cc7ccccc7C2CC51)C#CC1CCCC16c1ccc(cc1)Cc1ccc2c(c1)C15c6cccc4c6CCC1CCCC5C=C2)O3. The lowest BCUT2D eigenvalue weighted by atomic mass is 9.48. The molecule has 3 N–H and O–H groups in total. The van der Waals surface area contributed by atoms with Gasteiger partial charge in [-0.2, -0.15) is 0 Å². The van der Waals surface area contributed by atoms with Crippen molar-refractivity contribution in [1.29, 1.82) is 0 Å². The van der Waals surface area contributed by atoms with Gasteiger partial charge in [0.25, 0.3) is 0 Å². The predicted octanol–water partition coefficient (Wildman–Crippen LogP) is 17.0. The standard InChI is InChI=1S/C95H92O11/c1-52(49-97)73-46-75-70-30-23-58-43-74(70)62-44-80(75)93-36-7-12-63(93)26-21-59-41-56-9-3-4-13-69(56)76-47-82-92(48-62,86(59)76)35-8-37-94(82)89(105-90(73)100)88(85-81(106-94)33-32-72-77(50-98)84(91(101)104-87(72)85)60(34-38-96)51-102-2)103-83(99)45-61-42-57(22-29-67(58)61)68-14-6-15-78-71(68)31-28-66-11-5-10-65-27-20-55-19-16-54(40-79(55)95(65,66)78)39-53-17-24-64(93)25-18-53/h3-4,6,8-9,13-20,22-25,27,29-30,32-33,35,40-41,43,57,60-63,65-67,75-76,80,82,86,88-89,96-98H,5,7,10-12,28,31,34,36-39,42,44-51H2,1-2H3. The summed E-state index contributed by atoms with van der Waals surface area (Å²) in [6.07, 6.45) is 27.2. The summed E-state index contributed by atoms with van der Waals surface area (Å²) in [4.78, 5) is 49.0. The Kier molecular flexibility index (Phi) is 15.1. The highest BCUT2D eigenvalue weighted by molar-refractivity contribution is 5.91. The van der Waals surface area contributed by atoms with Crippen LogP contribution in [0.15, 0.2) is 172 Å². The minimum atomic E-state index is -1.44. The third-order valence-electron chi connectivity index (χ3n) is 30.3. The van der Waals surface area contributed by atoms with E-state index < -0.39 is 71.3 Å². The number of ether oxygens (including phenoxy) is 4. The van der Waals surface area contributed by atoms with Crippen molar-refractivity contribution in [2.45, 2.75) is 187 Å². The summed E-state index contributed by atoms with van der Waals surface area (Å²) in [6.45, 7) is 0.738. The van der Waals surface area contributed by atoms with Crippen molar-refractivity contribution < 1.29 is 48.3 Å². The molecule has 4 fully saturated rings. The van der Waals surface area contributed by atoms with E-state index in [1.165, 1.54) is 74.0 Å². The molecule has 19 atom stereocenters. The monoisotopic (exact) mass is 1410 g/mol. The van der Waals surface area contributed by atoms with E-state index >= 15 is 14.4 Å². The van der Waals surface area contributed by atoms with Crippen molar-refractivity contribution in [3.05, 3.63) is 262 Å². The van der Waals surface area contributed by atoms with Gasteiger partial charge in [-0.05, 0) is 233 Å². The van der Waals surface area contributed by atoms with Gasteiger partial charge in [-0.3, -0.25) is 4.79 Å². The second-order valence-corrected chi connectivity index (χ2v) is 34.6. The first-order valence-electron chi connectivity index (χ1n) is 39.9.